The highest BCUT2D eigenvalue weighted by molar-refractivity contribution is 5.95. The van der Waals surface area contributed by atoms with Gasteiger partial charge in [0, 0.05) is 23.8 Å². The predicted molar refractivity (Wildman–Crippen MR) is 113 cm³/mol. The van der Waals surface area contributed by atoms with Gasteiger partial charge in [-0.05, 0) is 31.2 Å². The number of nitrogens with zero attached hydrogens (tertiary/aromatic N) is 6. The maximum atomic E-state index is 12.8. The molecular formula is C20H20N8O4. The number of nitrogen functional groups attached to an aromatic ring is 1. The van der Waals surface area contributed by atoms with Crippen LogP contribution in [0.15, 0.2) is 49.3 Å². The molecule has 4 atom stereocenters. The molecule has 1 aliphatic heterocycles. The summed E-state index contributed by atoms with van der Waals surface area (Å²) < 4.78 is 9.03. The number of aromatic nitrogens is 6. The van der Waals surface area contributed by atoms with Crippen molar-refractivity contribution in [1.82, 2.24) is 29.1 Å². The molecule has 1 amide bonds. The molecule has 0 radical (unpaired) electrons. The Morgan fingerprint density at radius 1 is 1.12 bits per heavy atom. The first-order valence-corrected chi connectivity index (χ1v) is 9.80. The number of aryl methyl sites for hydroxylation is 1. The molecule has 3 aromatic heterocycles. The Morgan fingerprint density at radius 3 is 2.62 bits per heavy atom. The van der Waals surface area contributed by atoms with Crippen LogP contribution in [0, 0.1) is 6.92 Å². The Morgan fingerprint density at radius 2 is 1.91 bits per heavy atom. The zero-order valence-corrected chi connectivity index (χ0v) is 16.9. The molecule has 0 aliphatic carbocycles. The van der Waals surface area contributed by atoms with Crippen molar-refractivity contribution >= 4 is 28.6 Å². The average Bonchev–Trinajstić information content (AvgIpc) is 3.48. The van der Waals surface area contributed by atoms with E-state index in [1.807, 2.05) is 29.8 Å². The highest BCUT2D eigenvalue weighted by atomic mass is 16.6. The lowest BCUT2D eigenvalue weighted by Gasteiger charge is -2.16. The second kappa shape index (κ2) is 7.67. The monoisotopic (exact) mass is 436 g/mol. The quantitative estimate of drug-likeness (QED) is 0.348. The summed E-state index contributed by atoms with van der Waals surface area (Å²) in [4.78, 5) is 29.1. The van der Waals surface area contributed by atoms with Crippen molar-refractivity contribution in [1.29, 1.82) is 0 Å². The molecule has 12 nitrogen and oxygen atoms in total. The van der Waals surface area contributed by atoms with Gasteiger partial charge in [-0.1, -0.05) is 0 Å². The SMILES string of the molecule is Cc1nccn1-c1ccc(NC(=O)[C@H]2O[C@@H](n3cnc4c(N)ncnc43)[C@H](O)[C@@H]2O)cc1. The standard InChI is InChI=1S/C20H20N8O4/c1-10-22-6-7-27(10)12-4-2-11(3-5-12)26-19(31)16-14(29)15(30)20(32-16)28-9-25-13-17(21)23-8-24-18(13)28/h2-9,14-16,20,29-30H,1H3,(H,26,31)(H2,21,23,24)/t14-,15+,16-,20+/m0/s1. The number of hydrogen-bond acceptors (Lipinski definition) is 9. The van der Waals surface area contributed by atoms with E-state index < -0.39 is 30.4 Å². The number of carbonyl (C=O) groups is 1. The first-order valence-electron chi connectivity index (χ1n) is 9.80. The molecular weight excluding hydrogens is 416 g/mol. The van der Waals surface area contributed by atoms with Gasteiger partial charge in [-0.2, -0.15) is 0 Å². The summed E-state index contributed by atoms with van der Waals surface area (Å²) in [5.74, 6) is 0.415. The Balaban J connectivity index is 1.33. The number of anilines is 2. The molecule has 12 heteroatoms. The molecule has 1 aromatic carbocycles. The van der Waals surface area contributed by atoms with Gasteiger partial charge >= 0.3 is 0 Å². The summed E-state index contributed by atoms with van der Waals surface area (Å²) in [6, 6.07) is 7.11. The minimum Gasteiger partial charge on any atom is -0.387 e. The molecule has 1 fully saturated rings. The maximum Gasteiger partial charge on any atom is 0.256 e. The van der Waals surface area contributed by atoms with Crippen LogP contribution in [0.25, 0.3) is 16.9 Å². The molecule has 4 aromatic rings. The minimum atomic E-state index is -1.45. The maximum absolute atomic E-state index is 12.8. The summed E-state index contributed by atoms with van der Waals surface area (Å²) in [5.41, 5.74) is 7.85. The van der Waals surface area contributed by atoms with Crippen LogP contribution in [0.1, 0.15) is 12.1 Å². The minimum absolute atomic E-state index is 0.172. The topological polar surface area (TPSA) is 166 Å². The largest absolute Gasteiger partial charge is 0.387 e. The number of ether oxygens (including phenoxy) is 1. The molecule has 1 saturated heterocycles. The highest BCUT2D eigenvalue weighted by Gasteiger charge is 2.47. The lowest BCUT2D eigenvalue weighted by Crippen LogP contribution is -2.39. The van der Waals surface area contributed by atoms with E-state index in [2.05, 4.69) is 25.3 Å². The summed E-state index contributed by atoms with van der Waals surface area (Å²) in [7, 11) is 0. The predicted octanol–water partition coefficient (Wildman–Crippen LogP) is 0.161. The van der Waals surface area contributed by atoms with Crippen molar-refractivity contribution in [3.63, 3.8) is 0 Å². The van der Waals surface area contributed by atoms with Crippen LogP contribution in [0.3, 0.4) is 0 Å². The Bertz CT molecular complexity index is 1280. The van der Waals surface area contributed by atoms with Crippen molar-refractivity contribution in [3.8, 4) is 5.69 Å². The third-order valence-electron chi connectivity index (χ3n) is 5.40. The molecule has 5 rings (SSSR count). The number of amides is 1. The van der Waals surface area contributed by atoms with Gasteiger partial charge in [0.15, 0.2) is 23.8 Å². The summed E-state index contributed by atoms with van der Waals surface area (Å²) in [6.07, 6.45) is 0.949. The summed E-state index contributed by atoms with van der Waals surface area (Å²) in [6.45, 7) is 1.89. The second-order valence-electron chi connectivity index (χ2n) is 7.39. The van der Waals surface area contributed by atoms with Gasteiger partial charge in [-0.15, -0.1) is 0 Å². The average molecular weight is 436 g/mol. The Hall–Kier alpha value is -3.87. The number of benzene rings is 1. The lowest BCUT2D eigenvalue weighted by molar-refractivity contribution is -0.132. The molecule has 0 saturated carbocycles. The molecule has 0 unspecified atom stereocenters. The molecule has 164 valence electrons. The van der Waals surface area contributed by atoms with Crippen molar-refractivity contribution < 1.29 is 19.7 Å². The fourth-order valence-electron chi connectivity index (χ4n) is 3.73. The normalized spacial score (nSPS) is 23.0. The van der Waals surface area contributed by atoms with E-state index in [1.54, 1.807) is 18.3 Å². The number of fused-ring (bicyclic) bond motifs is 1. The van der Waals surface area contributed by atoms with Crippen LogP contribution >= 0.6 is 0 Å². The van der Waals surface area contributed by atoms with Gasteiger partial charge < -0.3 is 30.6 Å². The van der Waals surface area contributed by atoms with Crippen LogP contribution in [-0.4, -0.2) is 63.5 Å². The van der Waals surface area contributed by atoms with Crippen LogP contribution in [0.4, 0.5) is 11.5 Å². The van der Waals surface area contributed by atoms with Gasteiger partial charge in [-0.3, -0.25) is 9.36 Å². The van der Waals surface area contributed by atoms with E-state index in [4.69, 9.17) is 10.5 Å². The highest BCUT2D eigenvalue weighted by Crippen LogP contribution is 2.32. The molecule has 1 aliphatic rings. The van der Waals surface area contributed by atoms with E-state index in [9.17, 15) is 15.0 Å². The van der Waals surface area contributed by atoms with Crippen molar-refractivity contribution in [3.05, 3.63) is 55.1 Å². The molecule has 4 heterocycles. The van der Waals surface area contributed by atoms with E-state index >= 15 is 0 Å². The number of carbonyl (C=O) groups excluding carboxylic acids is 1. The van der Waals surface area contributed by atoms with Gasteiger partial charge in [0.2, 0.25) is 0 Å². The van der Waals surface area contributed by atoms with Crippen molar-refractivity contribution in [2.24, 2.45) is 0 Å². The number of imidazole rings is 2. The zero-order valence-electron chi connectivity index (χ0n) is 16.9. The lowest BCUT2D eigenvalue weighted by atomic mass is 10.1. The van der Waals surface area contributed by atoms with Crippen molar-refractivity contribution in [2.45, 2.75) is 31.5 Å². The van der Waals surface area contributed by atoms with Crippen LogP contribution in [0.2, 0.25) is 0 Å². The number of hydrogen-bond donors (Lipinski definition) is 4. The number of aliphatic hydroxyl groups is 2. The van der Waals surface area contributed by atoms with Gasteiger partial charge in [0.1, 0.15) is 29.9 Å². The smallest absolute Gasteiger partial charge is 0.256 e. The molecule has 32 heavy (non-hydrogen) atoms. The van der Waals surface area contributed by atoms with E-state index in [1.165, 1.54) is 17.2 Å². The van der Waals surface area contributed by atoms with Gasteiger partial charge in [-0.25, -0.2) is 19.9 Å². The molecule has 5 N–H and O–H groups in total. The number of rotatable bonds is 4. The summed E-state index contributed by atoms with van der Waals surface area (Å²) in [5, 5.41) is 23.7. The third-order valence-corrected chi connectivity index (χ3v) is 5.40. The van der Waals surface area contributed by atoms with Crippen LogP contribution < -0.4 is 11.1 Å². The first-order chi connectivity index (χ1) is 15.4. The first kappa shape index (κ1) is 20.1. The van der Waals surface area contributed by atoms with Crippen molar-refractivity contribution in [2.75, 3.05) is 11.1 Å². The van der Waals surface area contributed by atoms with Gasteiger partial charge in [0.25, 0.3) is 5.91 Å². The third kappa shape index (κ3) is 3.26. The van der Waals surface area contributed by atoms with Crippen LogP contribution in [-0.2, 0) is 9.53 Å². The fourth-order valence-corrected chi connectivity index (χ4v) is 3.73. The fraction of sp³-hybridized carbons (Fsp3) is 0.250. The molecule has 0 bridgehead atoms. The number of nitrogens with two attached hydrogens (primary N) is 1. The Kier molecular flexibility index (Phi) is 4.81. The number of aliphatic hydroxyl groups excluding tert-OH is 2. The zero-order chi connectivity index (χ0) is 22.4. The van der Waals surface area contributed by atoms with E-state index in [0.717, 1.165) is 11.5 Å². The molecule has 0 spiro atoms. The van der Waals surface area contributed by atoms with E-state index in [-0.39, 0.29) is 5.82 Å². The van der Waals surface area contributed by atoms with E-state index in [0.29, 0.717) is 16.9 Å². The summed E-state index contributed by atoms with van der Waals surface area (Å²) >= 11 is 0. The van der Waals surface area contributed by atoms with Crippen LogP contribution in [0.5, 0.6) is 0 Å². The second-order valence-corrected chi connectivity index (χ2v) is 7.39. The Labute approximate surface area is 181 Å². The number of nitrogens with one attached hydrogen (secondary N) is 1. The van der Waals surface area contributed by atoms with Gasteiger partial charge in [0.05, 0.1) is 6.33 Å².